The molecule has 0 saturated carbocycles. The molecular formula is C16H15NO5S2. The van der Waals surface area contributed by atoms with Crippen LogP contribution in [-0.2, 0) is 14.6 Å². The number of rotatable bonds is 4. The first-order valence-electron chi connectivity index (χ1n) is 7.35. The van der Waals surface area contributed by atoms with Gasteiger partial charge < -0.3 is 10.0 Å². The summed E-state index contributed by atoms with van der Waals surface area (Å²) < 4.78 is 25.2. The number of carbonyl (C=O) groups is 2. The minimum absolute atomic E-state index is 0.0723. The maximum Gasteiger partial charge on any atom is 0.326 e. The van der Waals surface area contributed by atoms with E-state index in [4.69, 9.17) is 0 Å². The predicted octanol–water partition coefficient (Wildman–Crippen LogP) is 2.27. The van der Waals surface area contributed by atoms with Crippen molar-refractivity contribution in [2.24, 2.45) is 0 Å². The van der Waals surface area contributed by atoms with Crippen molar-refractivity contribution in [3.05, 3.63) is 47.3 Å². The average molecular weight is 365 g/mol. The summed E-state index contributed by atoms with van der Waals surface area (Å²) in [6, 6.07) is 9.99. The molecule has 24 heavy (non-hydrogen) atoms. The van der Waals surface area contributed by atoms with Crippen LogP contribution in [-0.4, -0.2) is 42.9 Å². The van der Waals surface area contributed by atoms with E-state index >= 15 is 0 Å². The minimum Gasteiger partial charge on any atom is -0.480 e. The van der Waals surface area contributed by atoms with E-state index in [0.29, 0.717) is 19.4 Å². The summed E-state index contributed by atoms with van der Waals surface area (Å²) in [6.45, 7) is 0.370. The smallest absolute Gasteiger partial charge is 0.326 e. The van der Waals surface area contributed by atoms with E-state index in [0.717, 1.165) is 11.3 Å². The van der Waals surface area contributed by atoms with Crippen molar-refractivity contribution in [1.82, 2.24) is 4.90 Å². The third-order valence-corrected chi connectivity index (χ3v) is 7.24. The van der Waals surface area contributed by atoms with Crippen molar-refractivity contribution < 1.29 is 23.1 Å². The van der Waals surface area contributed by atoms with Crippen molar-refractivity contribution >= 4 is 33.1 Å². The Balaban J connectivity index is 1.88. The van der Waals surface area contributed by atoms with Crippen molar-refractivity contribution in [3.63, 3.8) is 0 Å². The fraction of sp³-hybridized carbons (Fsp3) is 0.250. The fourth-order valence-corrected chi connectivity index (χ4v) is 5.39. The number of hydrogen-bond acceptors (Lipinski definition) is 5. The first-order valence-corrected chi connectivity index (χ1v) is 9.65. The Hall–Kier alpha value is -2.19. The van der Waals surface area contributed by atoms with Crippen LogP contribution in [0.1, 0.15) is 22.5 Å². The van der Waals surface area contributed by atoms with E-state index in [1.807, 2.05) is 0 Å². The molecule has 1 atom stereocenters. The molecular weight excluding hydrogens is 350 g/mol. The zero-order valence-electron chi connectivity index (χ0n) is 12.6. The first kappa shape index (κ1) is 16.7. The van der Waals surface area contributed by atoms with Gasteiger partial charge in [0.2, 0.25) is 9.84 Å². The number of aliphatic carboxylic acids is 1. The summed E-state index contributed by atoms with van der Waals surface area (Å²) in [7, 11) is -3.67. The van der Waals surface area contributed by atoms with Gasteiger partial charge in [-0.05, 0) is 37.1 Å². The quantitative estimate of drug-likeness (QED) is 0.897. The Labute approximate surface area is 143 Å². The molecule has 1 amide bonds. The van der Waals surface area contributed by atoms with Gasteiger partial charge in [-0.25, -0.2) is 13.2 Å². The molecule has 1 aliphatic rings. The second-order valence-corrected chi connectivity index (χ2v) is 8.69. The number of benzene rings is 1. The van der Waals surface area contributed by atoms with Crippen LogP contribution in [0, 0.1) is 0 Å². The lowest BCUT2D eigenvalue weighted by atomic mass is 10.2. The highest BCUT2D eigenvalue weighted by molar-refractivity contribution is 7.93. The van der Waals surface area contributed by atoms with Crippen molar-refractivity contribution in [2.75, 3.05) is 6.54 Å². The number of sulfone groups is 1. The van der Waals surface area contributed by atoms with Crippen LogP contribution in [0.2, 0.25) is 0 Å². The van der Waals surface area contributed by atoms with E-state index < -0.39 is 27.8 Å². The molecule has 8 heteroatoms. The Morgan fingerprint density at radius 3 is 2.50 bits per heavy atom. The molecule has 1 aromatic heterocycles. The van der Waals surface area contributed by atoms with Gasteiger partial charge in [0.1, 0.15) is 10.3 Å². The lowest BCUT2D eigenvalue weighted by molar-refractivity contribution is -0.141. The van der Waals surface area contributed by atoms with Crippen LogP contribution in [0.4, 0.5) is 0 Å². The standard InChI is InChI=1S/C16H15NO5S2/c18-15(17-10-4-7-12(17)16(19)20)13-8-9-14(23-13)24(21,22)11-5-2-1-3-6-11/h1-3,5-6,8-9,12H,4,7,10H2,(H,19,20)/t12-/m0/s1. The molecule has 0 bridgehead atoms. The predicted molar refractivity (Wildman–Crippen MR) is 87.9 cm³/mol. The highest BCUT2D eigenvalue weighted by atomic mass is 32.2. The van der Waals surface area contributed by atoms with Gasteiger partial charge in [-0.3, -0.25) is 4.79 Å². The molecule has 1 fully saturated rings. The van der Waals surface area contributed by atoms with Crippen molar-refractivity contribution in [3.8, 4) is 0 Å². The van der Waals surface area contributed by atoms with Crippen LogP contribution >= 0.6 is 11.3 Å². The molecule has 1 aromatic carbocycles. The van der Waals surface area contributed by atoms with E-state index in [9.17, 15) is 23.1 Å². The second-order valence-electron chi connectivity index (χ2n) is 5.43. The van der Waals surface area contributed by atoms with E-state index in [1.165, 1.54) is 29.2 Å². The molecule has 6 nitrogen and oxygen atoms in total. The summed E-state index contributed by atoms with van der Waals surface area (Å²) in [5.74, 6) is -1.46. The van der Waals surface area contributed by atoms with Gasteiger partial charge >= 0.3 is 5.97 Å². The third kappa shape index (κ3) is 2.94. The number of amides is 1. The lowest BCUT2D eigenvalue weighted by Gasteiger charge is -2.20. The second kappa shape index (κ2) is 6.37. The molecule has 126 valence electrons. The maximum atomic E-state index is 12.6. The number of carboxylic acid groups (broad SMARTS) is 1. The van der Waals surface area contributed by atoms with Crippen LogP contribution in [0.5, 0.6) is 0 Å². The van der Waals surface area contributed by atoms with Gasteiger partial charge in [0.25, 0.3) is 5.91 Å². The largest absolute Gasteiger partial charge is 0.480 e. The van der Waals surface area contributed by atoms with Gasteiger partial charge in [-0.1, -0.05) is 18.2 Å². The van der Waals surface area contributed by atoms with Gasteiger partial charge in [0.05, 0.1) is 9.77 Å². The summed E-state index contributed by atoms with van der Waals surface area (Å²) in [5.41, 5.74) is 0. The number of carboxylic acids is 1. The molecule has 0 spiro atoms. The van der Waals surface area contributed by atoms with E-state index in [2.05, 4.69) is 0 Å². The SMILES string of the molecule is O=C(O)[C@@H]1CCCN1C(=O)c1ccc(S(=O)(=O)c2ccccc2)s1. The fourth-order valence-electron chi connectivity index (χ4n) is 2.70. The van der Waals surface area contributed by atoms with Crippen LogP contribution < -0.4 is 0 Å². The van der Waals surface area contributed by atoms with Gasteiger partial charge in [-0.15, -0.1) is 11.3 Å². The normalized spacial score (nSPS) is 17.8. The van der Waals surface area contributed by atoms with Crippen molar-refractivity contribution in [1.29, 1.82) is 0 Å². The Kier molecular flexibility index (Phi) is 4.42. The first-order chi connectivity index (χ1) is 11.4. The van der Waals surface area contributed by atoms with Crippen molar-refractivity contribution in [2.45, 2.75) is 28.0 Å². The van der Waals surface area contributed by atoms with E-state index in [1.54, 1.807) is 18.2 Å². The minimum atomic E-state index is -3.67. The van der Waals surface area contributed by atoms with Gasteiger partial charge in [-0.2, -0.15) is 0 Å². The monoisotopic (exact) mass is 365 g/mol. The molecule has 1 aliphatic heterocycles. The highest BCUT2D eigenvalue weighted by Crippen LogP contribution is 2.30. The number of nitrogens with zero attached hydrogens (tertiary/aromatic N) is 1. The number of carbonyl (C=O) groups excluding carboxylic acids is 1. The van der Waals surface area contributed by atoms with Crippen LogP contribution in [0.25, 0.3) is 0 Å². The van der Waals surface area contributed by atoms with Gasteiger partial charge in [0.15, 0.2) is 0 Å². The van der Waals surface area contributed by atoms with E-state index in [-0.39, 0.29) is 14.0 Å². The zero-order valence-corrected chi connectivity index (χ0v) is 14.2. The van der Waals surface area contributed by atoms with Crippen LogP contribution in [0.3, 0.4) is 0 Å². The topological polar surface area (TPSA) is 91.8 Å². The Morgan fingerprint density at radius 1 is 1.12 bits per heavy atom. The number of likely N-dealkylation sites (tertiary alicyclic amines) is 1. The summed E-state index contributed by atoms with van der Waals surface area (Å²) >= 11 is 0.871. The highest BCUT2D eigenvalue weighted by Gasteiger charge is 2.35. The summed E-state index contributed by atoms with van der Waals surface area (Å²) in [5, 5.41) is 9.18. The van der Waals surface area contributed by atoms with Crippen LogP contribution in [0.15, 0.2) is 51.6 Å². The molecule has 3 rings (SSSR count). The molecule has 2 aromatic rings. The molecule has 2 heterocycles. The lowest BCUT2D eigenvalue weighted by Crippen LogP contribution is -2.40. The van der Waals surface area contributed by atoms with Gasteiger partial charge in [0, 0.05) is 6.54 Å². The Bertz CT molecular complexity index is 873. The maximum absolute atomic E-state index is 12.6. The molecule has 1 saturated heterocycles. The molecule has 0 aliphatic carbocycles. The number of thiophene rings is 1. The number of hydrogen-bond donors (Lipinski definition) is 1. The summed E-state index contributed by atoms with van der Waals surface area (Å²) in [4.78, 5) is 25.4. The zero-order chi connectivity index (χ0) is 17.3. The summed E-state index contributed by atoms with van der Waals surface area (Å²) in [6.07, 6.45) is 1.05. The molecule has 0 radical (unpaired) electrons. The molecule has 0 unspecified atom stereocenters. The third-order valence-electron chi connectivity index (χ3n) is 3.91. The average Bonchev–Trinajstić information content (AvgIpc) is 3.24. The Morgan fingerprint density at radius 2 is 1.83 bits per heavy atom. The molecule has 1 N–H and O–H groups in total.